The van der Waals surface area contributed by atoms with Crippen LogP contribution in [0.1, 0.15) is 25.7 Å². The molecule has 14 heavy (non-hydrogen) atoms. The van der Waals surface area contributed by atoms with Crippen LogP contribution in [0.4, 0.5) is 0 Å². The Labute approximate surface area is 82.9 Å². The summed E-state index contributed by atoms with van der Waals surface area (Å²) in [6.07, 6.45) is 3.05. The molecule has 0 aromatic carbocycles. The number of carbonyl (C=O) groups is 1. The van der Waals surface area contributed by atoms with Crippen molar-refractivity contribution in [2.45, 2.75) is 30.9 Å². The molecule has 1 aliphatic rings. The van der Waals surface area contributed by atoms with Crippen LogP contribution in [0.2, 0.25) is 0 Å². The van der Waals surface area contributed by atoms with Crippen LogP contribution in [-0.2, 0) is 14.9 Å². The number of carboxylic acid groups (broad SMARTS) is 1. The predicted molar refractivity (Wildman–Crippen MR) is 49.2 cm³/mol. The first-order valence-electron chi connectivity index (χ1n) is 4.41. The highest BCUT2D eigenvalue weighted by molar-refractivity contribution is 7.86. The average molecular weight is 221 g/mol. The van der Waals surface area contributed by atoms with Crippen LogP contribution >= 0.6 is 0 Å². The fraction of sp³-hybridized carbons (Fsp3) is 0.750. The summed E-state index contributed by atoms with van der Waals surface area (Å²) >= 11 is 0. The van der Waals surface area contributed by atoms with Gasteiger partial charge in [-0.1, -0.05) is 0 Å². The van der Waals surface area contributed by atoms with Crippen molar-refractivity contribution in [1.29, 1.82) is 0 Å². The summed E-state index contributed by atoms with van der Waals surface area (Å²) in [7, 11) is -4.12. The molecule has 0 heterocycles. The number of hydrogen-bond acceptors (Lipinski definition) is 3. The average Bonchev–Trinajstić information content (AvgIpc) is 2.01. The van der Waals surface area contributed by atoms with Gasteiger partial charge in [-0.05, 0) is 31.6 Å². The molecule has 0 spiro atoms. The Morgan fingerprint density at radius 3 is 2.64 bits per heavy atom. The molecule has 2 unspecified atom stereocenters. The third-order valence-electron chi connectivity index (χ3n) is 2.49. The minimum Gasteiger partial charge on any atom is -0.481 e. The summed E-state index contributed by atoms with van der Waals surface area (Å²) in [5, 5.41) is 7.62. The molecule has 6 heteroatoms. The fourth-order valence-corrected chi connectivity index (χ4v) is 2.91. The largest absolute Gasteiger partial charge is 0.481 e. The van der Waals surface area contributed by atoms with E-state index in [1.165, 1.54) is 0 Å². The zero-order valence-corrected chi connectivity index (χ0v) is 8.40. The predicted octanol–water partition coefficient (Wildman–Crippen LogP) is 0.722. The first-order chi connectivity index (χ1) is 6.41. The lowest BCUT2D eigenvalue weighted by atomic mass is 9.86. The van der Waals surface area contributed by atoms with Gasteiger partial charge in [-0.2, -0.15) is 8.42 Å². The molecular weight excluding hydrogens is 208 g/mol. The van der Waals surface area contributed by atoms with E-state index in [2.05, 4.69) is 0 Å². The summed E-state index contributed by atoms with van der Waals surface area (Å²) in [5.74, 6) is -1.49. The summed E-state index contributed by atoms with van der Waals surface area (Å²) in [5.41, 5.74) is 0. The molecule has 1 fully saturated rings. The number of carboxylic acids is 1. The monoisotopic (exact) mass is 221 g/mol. The van der Waals surface area contributed by atoms with E-state index in [0.29, 0.717) is 12.8 Å². The minimum atomic E-state index is -4.12. The van der Waals surface area contributed by atoms with Gasteiger partial charge < -0.3 is 5.11 Å². The third kappa shape index (κ3) is 2.95. The Morgan fingerprint density at radius 2 is 2.14 bits per heavy atom. The second kappa shape index (κ2) is 4.27. The second-order valence-corrected chi connectivity index (χ2v) is 5.15. The van der Waals surface area contributed by atoms with E-state index < -0.39 is 27.3 Å². The molecule has 2 atom stereocenters. The van der Waals surface area contributed by atoms with Gasteiger partial charge in [0.2, 0.25) is 0 Å². The number of hydrogen-bond donors (Lipinski definition) is 2. The van der Waals surface area contributed by atoms with Crippen LogP contribution in [0.5, 0.6) is 0 Å². The van der Waals surface area contributed by atoms with Crippen LogP contribution in [0.15, 0.2) is 0 Å². The second-order valence-electron chi connectivity index (χ2n) is 3.51. The fourth-order valence-electron chi connectivity index (χ4n) is 1.81. The van der Waals surface area contributed by atoms with Crippen molar-refractivity contribution in [2.75, 3.05) is 0 Å². The molecule has 2 N–H and O–H groups in total. The van der Waals surface area contributed by atoms with E-state index in [0.717, 1.165) is 0 Å². The molecule has 0 aromatic rings. The summed E-state index contributed by atoms with van der Waals surface area (Å²) < 4.78 is 30.7. The lowest BCUT2D eigenvalue weighted by Gasteiger charge is -2.27. The van der Waals surface area contributed by atoms with Crippen LogP contribution in [0.25, 0.3) is 0 Å². The Balaban J connectivity index is 2.74. The molecule has 5 nitrogen and oxygen atoms in total. The molecule has 81 valence electrons. The van der Waals surface area contributed by atoms with Crippen molar-refractivity contribution < 1.29 is 22.9 Å². The molecule has 0 aliphatic heterocycles. The Bertz CT molecular complexity index is 308. The van der Waals surface area contributed by atoms with Gasteiger partial charge in [-0.3, -0.25) is 9.35 Å². The minimum absolute atomic E-state index is 0.196. The standard InChI is InChI=1S/C8H13O5S/c9-8(10)5-6-3-1-2-4-7(6)14(11,12)13/h2,6-7H,1,3-5H2,(H,9,10)(H,11,12,13). The van der Waals surface area contributed by atoms with Gasteiger partial charge in [0, 0.05) is 6.42 Å². The Morgan fingerprint density at radius 1 is 1.50 bits per heavy atom. The summed E-state index contributed by atoms with van der Waals surface area (Å²) in [4.78, 5) is 10.5. The van der Waals surface area contributed by atoms with Crippen LogP contribution < -0.4 is 0 Å². The molecule has 1 aliphatic carbocycles. The van der Waals surface area contributed by atoms with Gasteiger partial charge in [-0.25, -0.2) is 0 Å². The van der Waals surface area contributed by atoms with Crippen molar-refractivity contribution in [3.8, 4) is 0 Å². The van der Waals surface area contributed by atoms with Gasteiger partial charge in [0.1, 0.15) is 0 Å². The van der Waals surface area contributed by atoms with Crippen molar-refractivity contribution in [3.05, 3.63) is 6.42 Å². The first kappa shape index (κ1) is 11.5. The van der Waals surface area contributed by atoms with Gasteiger partial charge in [0.25, 0.3) is 10.1 Å². The topological polar surface area (TPSA) is 91.7 Å². The Hall–Kier alpha value is -0.620. The van der Waals surface area contributed by atoms with E-state index in [1.54, 1.807) is 6.42 Å². The lowest BCUT2D eigenvalue weighted by Crippen LogP contribution is -2.34. The van der Waals surface area contributed by atoms with Crippen LogP contribution in [-0.4, -0.2) is 29.3 Å². The van der Waals surface area contributed by atoms with E-state index in [9.17, 15) is 13.2 Å². The number of rotatable bonds is 3. The van der Waals surface area contributed by atoms with E-state index in [4.69, 9.17) is 9.66 Å². The smallest absolute Gasteiger partial charge is 0.303 e. The van der Waals surface area contributed by atoms with Crippen molar-refractivity contribution in [2.24, 2.45) is 5.92 Å². The zero-order valence-electron chi connectivity index (χ0n) is 7.59. The molecule has 1 radical (unpaired) electrons. The van der Waals surface area contributed by atoms with E-state index in [1.807, 2.05) is 0 Å². The van der Waals surface area contributed by atoms with E-state index in [-0.39, 0.29) is 12.8 Å². The molecule has 0 saturated heterocycles. The van der Waals surface area contributed by atoms with Crippen molar-refractivity contribution in [3.63, 3.8) is 0 Å². The molecule has 0 aromatic heterocycles. The third-order valence-corrected chi connectivity index (χ3v) is 3.83. The SMILES string of the molecule is O=C(O)CC1CC[CH]CC1S(=O)(=O)O. The molecular formula is C8H13O5S. The molecule has 1 saturated carbocycles. The Kier molecular flexibility index (Phi) is 3.49. The number of aliphatic carboxylic acids is 1. The first-order valence-corrected chi connectivity index (χ1v) is 5.91. The maximum atomic E-state index is 10.9. The maximum absolute atomic E-state index is 10.9. The maximum Gasteiger partial charge on any atom is 0.303 e. The zero-order chi connectivity index (χ0) is 10.8. The molecule has 1 rings (SSSR count). The molecule has 0 bridgehead atoms. The lowest BCUT2D eigenvalue weighted by molar-refractivity contribution is -0.138. The van der Waals surface area contributed by atoms with Gasteiger partial charge in [0.15, 0.2) is 0 Å². The van der Waals surface area contributed by atoms with E-state index >= 15 is 0 Å². The van der Waals surface area contributed by atoms with Crippen molar-refractivity contribution in [1.82, 2.24) is 0 Å². The highest BCUT2D eigenvalue weighted by atomic mass is 32.2. The highest BCUT2D eigenvalue weighted by Crippen LogP contribution is 2.30. The van der Waals surface area contributed by atoms with Gasteiger partial charge >= 0.3 is 5.97 Å². The normalized spacial score (nSPS) is 28.6. The van der Waals surface area contributed by atoms with Crippen LogP contribution in [0, 0.1) is 12.3 Å². The summed E-state index contributed by atoms with van der Waals surface area (Å²) in [6.45, 7) is 0. The van der Waals surface area contributed by atoms with Crippen molar-refractivity contribution >= 4 is 16.1 Å². The highest BCUT2D eigenvalue weighted by Gasteiger charge is 2.35. The molecule has 0 amide bonds. The summed E-state index contributed by atoms with van der Waals surface area (Å²) in [6, 6.07) is 0. The van der Waals surface area contributed by atoms with Gasteiger partial charge in [-0.15, -0.1) is 0 Å². The van der Waals surface area contributed by atoms with Gasteiger partial charge in [0.05, 0.1) is 5.25 Å². The van der Waals surface area contributed by atoms with Crippen LogP contribution in [0.3, 0.4) is 0 Å². The quantitative estimate of drug-likeness (QED) is 0.685.